The predicted octanol–water partition coefficient (Wildman–Crippen LogP) is 0.662. The molecular weight excluding hydrogens is 248 g/mol. The molecule has 2 atom stereocenters. The van der Waals surface area contributed by atoms with Gasteiger partial charge >= 0.3 is 5.97 Å². The van der Waals surface area contributed by atoms with Crippen molar-refractivity contribution in [2.45, 2.75) is 31.5 Å². The van der Waals surface area contributed by atoms with Gasteiger partial charge < -0.3 is 26.2 Å². The summed E-state index contributed by atoms with van der Waals surface area (Å²) in [7, 11) is 1.55. The first-order valence-corrected chi connectivity index (χ1v) is 6.09. The molecule has 0 aromatic carbocycles. The van der Waals surface area contributed by atoms with Crippen LogP contribution >= 0.6 is 0 Å². The van der Waals surface area contributed by atoms with Crippen LogP contribution in [0.15, 0.2) is 12.3 Å². The number of ether oxygens (including phenoxy) is 1. The number of rotatable bonds is 3. The Labute approximate surface area is 111 Å². The van der Waals surface area contributed by atoms with Crippen molar-refractivity contribution in [2.75, 3.05) is 23.5 Å². The second-order valence-corrected chi connectivity index (χ2v) is 4.56. The fraction of sp³-hybridized carbons (Fsp3) is 0.500. The molecule has 7 heteroatoms. The number of hydrogen-bond donors (Lipinski definition) is 3. The van der Waals surface area contributed by atoms with Crippen molar-refractivity contribution in [3.05, 3.63) is 12.3 Å². The van der Waals surface area contributed by atoms with Crippen LogP contribution in [-0.2, 0) is 9.53 Å². The number of nitrogen functional groups attached to an aromatic ring is 2. The highest BCUT2D eigenvalue weighted by molar-refractivity contribution is 5.80. The van der Waals surface area contributed by atoms with Crippen LogP contribution in [-0.4, -0.2) is 35.4 Å². The first kappa shape index (κ1) is 13.4. The lowest BCUT2D eigenvalue weighted by Gasteiger charge is -2.40. The third kappa shape index (κ3) is 2.55. The van der Waals surface area contributed by atoms with Gasteiger partial charge in [0.2, 0.25) is 0 Å². The Kier molecular flexibility index (Phi) is 3.75. The number of carbonyl (C=O) groups is 1. The van der Waals surface area contributed by atoms with Crippen LogP contribution in [0.3, 0.4) is 0 Å². The zero-order chi connectivity index (χ0) is 14.0. The van der Waals surface area contributed by atoms with E-state index >= 15 is 0 Å². The quantitative estimate of drug-likeness (QED) is 0.736. The van der Waals surface area contributed by atoms with Gasteiger partial charge in [-0.15, -0.1) is 0 Å². The Morgan fingerprint density at radius 1 is 1.53 bits per heavy atom. The van der Waals surface area contributed by atoms with Gasteiger partial charge in [-0.2, -0.15) is 0 Å². The normalized spacial score (nSPS) is 23.3. The number of hydrogen-bond acceptors (Lipinski definition) is 6. The van der Waals surface area contributed by atoms with Crippen LogP contribution < -0.4 is 16.4 Å². The first-order chi connectivity index (χ1) is 9.04. The highest BCUT2D eigenvalue weighted by atomic mass is 16.5. The highest BCUT2D eigenvalue weighted by Gasteiger charge is 2.36. The maximum Gasteiger partial charge on any atom is 0.326 e. The third-order valence-electron chi connectivity index (χ3n) is 3.29. The summed E-state index contributed by atoms with van der Waals surface area (Å²) in [5.41, 5.74) is 12.3. The summed E-state index contributed by atoms with van der Waals surface area (Å²) < 4.78 is 5.36. The van der Waals surface area contributed by atoms with E-state index in [9.17, 15) is 9.90 Å². The van der Waals surface area contributed by atoms with Gasteiger partial charge in [-0.25, -0.2) is 9.78 Å². The molecule has 104 valence electrons. The molecule has 1 saturated heterocycles. The van der Waals surface area contributed by atoms with Crippen molar-refractivity contribution in [3.8, 4) is 0 Å². The summed E-state index contributed by atoms with van der Waals surface area (Å²) in [6, 6.07) is 0.889. The average Bonchev–Trinajstić information content (AvgIpc) is 2.38. The van der Waals surface area contributed by atoms with Crippen molar-refractivity contribution in [1.29, 1.82) is 0 Å². The van der Waals surface area contributed by atoms with E-state index in [4.69, 9.17) is 16.2 Å². The van der Waals surface area contributed by atoms with Gasteiger partial charge in [0, 0.05) is 7.11 Å². The first-order valence-electron chi connectivity index (χ1n) is 6.09. The number of aliphatic carboxylic acids is 1. The van der Waals surface area contributed by atoms with Gasteiger partial charge in [-0.05, 0) is 25.3 Å². The molecule has 0 saturated carbocycles. The lowest BCUT2D eigenvalue weighted by molar-refractivity contribution is -0.140. The Hall–Kier alpha value is -2.02. The topological polar surface area (TPSA) is 115 Å². The summed E-state index contributed by atoms with van der Waals surface area (Å²) >= 11 is 0. The Morgan fingerprint density at radius 2 is 2.26 bits per heavy atom. The summed E-state index contributed by atoms with van der Waals surface area (Å²) in [5.74, 6) is -0.493. The molecule has 1 aromatic heterocycles. The fourth-order valence-corrected chi connectivity index (χ4v) is 2.43. The molecule has 0 radical (unpaired) electrons. The molecule has 0 spiro atoms. The van der Waals surface area contributed by atoms with Gasteiger partial charge in [0.15, 0.2) is 5.82 Å². The van der Waals surface area contributed by atoms with E-state index in [1.807, 2.05) is 0 Å². The highest BCUT2D eigenvalue weighted by Crippen LogP contribution is 2.32. The zero-order valence-electron chi connectivity index (χ0n) is 10.7. The van der Waals surface area contributed by atoms with Gasteiger partial charge in [0.05, 0.1) is 17.6 Å². The Morgan fingerprint density at radius 3 is 2.84 bits per heavy atom. The number of nitrogens with zero attached hydrogens (tertiary/aromatic N) is 2. The van der Waals surface area contributed by atoms with Crippen LogP contribution in [0.4, 0.5) is 17.2 Å². The molecular formula is C12H18N4O3. The Bertz CT molecular complexity index is 480. The third-order valence-corrected chi connectivity index (χ3v) is 3.29. The van der Waals surface area contributed by atoms with E-state index in [2.05, 4.69) is 4.98 Å². The van der Waals surface area contributed by atoms with Crippen LogP contribution in [0.1, 0.15) is 19.3 Å². The molecule has 2 heterocycles. The number of anilines is 3. The molecule has 0 bridgehead atoms. The number of pyridine rings is 1. The molecule has 19 heavy (non-hydrogen) atoms. The van der Waals surface area contributed by atoms with Gasteiger partial charge in [-0.1, -0.05) is 0 Å². The standard InChI is InChI=1S/C12H18N4O3/c1-19-10-4-2-3-9(12(17)18)16(10)11-8(14)5-7(13)6-15-11/h5-6,9-10H,2-4,13-14H2,1H3,(H,17,18). The lowest BCUT2D eigenvalue weighted by Crippen LogP contribution is -2.52. The van der Waals surface area contributed by atoms with E-state index < -0.39 is 12.0 Å². The van der Waals surface area contributed by atoms with Crippen LogP contribution in [0.25, 0.3) is 0 Å². The number of nitrogens with two attached hydrogens (primary N) is 2. The Balaban J connectivity index is 2.42. The number of piperidine rings is 1. The maximum atomic E-state index is 11.4. The largest absolute Gasteiger partial charge is 0.480 e. The number of carboxylic acids is 1. The van der Waals surface area contributed by atoms with Crippen LogP contribution in [0, 0.1) is 0 Å². The number of methoxy groups -OCH3 is 1. The van der Waals surface area contributed by atoms with E-state index in [0.717, 1.165) is 12.8 Å². The summed E-state index contributed by atoms with van der Waals surface area (Å²) in [6.07, 6.45) is 3.20. The predicted molar refractivity (Wildman–Crippen MR) is 71.6 cm³/mol. The average molecular weight is 266 g/mol. The molecule has 1 aliphatic rings. The van der Waals surface area contributed by atoms with E-state index in [1.54, 1.807) is 18.1 Å². The maximum absolute atomic E-state index is 11.4. The molecule has 2 rings (SSSR count). The van der Waals surface area contributed by atoms with Crippen molar-refractivity contribution >= 4 is 23.2 Å². The molecule has 0 aliphatic carbocycles. The molecule has 2 unspecified atom stereocenters. The minimum Gasteiger partial charge on any atom is -0.480 e. The van der Waals surface area contributed by atoms with Crippen molar-refractivity contribution < 1.29 is 14.6 Å². The number of carboxylic acid groups (broad SMARTS) is 1. The smallest absolute Gasteiger partial charge is 0.326 e. The van der Waals surface area contributed by atoms with Gasteiger partial charge in [0.25, 0.3) is 0 Å². The van der Waals surface area contributed by atoms with Crippen LogP contribution in [0.2, 0.25) is 0 Å². The molecule has 1 aromatic rings. The van der Waals surface area contributed by atoms with Crippen molar-refractivity contribution in [3.63, 3.8) is 0 Å². The lowest BCUT2D eigenvalue weighted by atomic mass is 10.0. The minimum atomic E-state index is -0.903. The van der Waals surface area contributed by atoms with Crippen molar-refractivity contribution in [2.24, 2.45) is 0 Å². The zero-order valence-corrected chi connectivity index (χ0v) is 10.7. The second kappa shape index (κ2) is 5.31. The molecule has 1 fully saturated rings. The van der Waals surface area contributed by atoms with Gasteiger partial charge in [0.1, 0.15) is 12.3 Å². The van der Waals surface area contributed by atoms with Crippen LogP contribution in [0.5, 0.6) is 0 Å². The van der Waals surface area contributed by atoms with Crippen molar-refractivity contribution in [1.82, 2.24) is 4.98 Å². The van der Waals surface area contributed by atoms with E-state index in [0.29, 0.717) is 23.6 Å². The minimum absolute atomic E-state index is 0.340. The molecule has 1 aliphatic heterocycles. The molecule has 7 nitrogen and oxygen atoms in total. The SMILES string of the molecule is COC1CCCC(C(=O)O)N1c1ncc(N)cc1N. The number of aromatic nitrogens is 1. The second-order valence-electron chi connectivity index (χ2n) is 4.56. The summed E-state index contributed by atoms with van der Waals surface area (Å²) in [6.45, 7) is 0. The molecule has 5 N–H and O–H groups in total. The van der Waals surface area contributed by atoms with E-state index in [-0.39, 0.29) is 6.23 Å². The monoisotopic (exact) mass is 266 g/mol. The molecule has 0 amide bonds. The summed E-state index contributed by atoms with van der Waals surface area (Å²) in [4.78, 5) is 17.2. The fourth-order valence-electron chi connectivity index (χ4n) is 2.43. The summed E-state index contributed by atoms with van der Waals surface area (Å²) in [5, 5.41) is 9.34. The van der Waals surface area contributed by atoms with Gasteiger partial charge in [-0.3, -0.25) is 0 Å². The van der Waals surface area contributed by atoms with E-state index in [1.165, 1.54) is 6.20 Å².